The molecule has 0 saturated heterocycles. The van der Waals surface area contributed by atoms with Gasteiger partial charge in [-0.2, -0.15) is 0 Å². The summed E-state index contributed by atoms with van der Waals surface area (Å²) in [5.41, 5.74) is 2.91. The Kier molecular flexibility index (Phi) is 2.78. The van der Waals surface area contributed by atoms with Gasteiger partial charge in [-0.25, -0.2) is 4.98 Å². The molecule has 0 aliphatic carbocycles. The van der Waals surface area contributed by atoms with E-state index in [0.717, 1.165) is 25.6 Å². The number of nitrogens with zero attached hydrogens (tertiary/aromatic N) is 2. The summed E-state index contributed by atoms with van der Waals surface area (Å²) in [6.45, 7) is 0. The van der Waals surface area contributed by atoms with Crippen molar-refractivity contribution in [3.05, 3.63) is 34.6 Å². The molecule has 0 amide bonds. The summed E-state index contributed by atoms with van der Waals surface area (Å²) in [6, 6.07) is 5.92. The van der Waals surface area contributed by atoms with Crippen molar-refractivity contribution in [2.75, 3.05) is 0 Å². The molecule has 0 radical (unpaired) electrons. The summed E-state index contributed by atoms with van der Waals surface area (Å²) in [7, 11) is 0. The Balaban J connectivity index is 2.68. The van der Waals surface area contributed by atoms with Crippen molar-refractivity contribution in [1.82, 2.24) is 9.97 Å². The minimum absolute atomic E-state index is 0.896. The number of benzene rings is 1. The standard InChI is InChI=1S/C9H6BrIN2/c10-6-1-2-8-9(3-6)13-7(4-11)5-12-8/h1-3,5H,4H2. The highest BCUT2D eigenvalue weighted by Crippen LogP contribution is 2.17. The van der Waals surface area contributed by atoms with Crippen LogP contribution in [0.4, 0.5) is 0 Å². The van der Waals surface area contributed by atoms with Crippen LogP contribution < -0.4 is 0 Å². The van der Waals surface area contributed by atoms with Gasteiger partial charge in [-0.3, -0.25) is 4.98 Å². The monoisotopic (exact) mass is 348 g/mol. The maximum absolute atomic E-state index is 4.45. The molecular weight excluding hydrogens is 343 g/mol. The van der Waals surface area contributed by atoms with Gasteiger partial charge >= 0.3 is 0 Å². The third-order valence-corrected chi connectivity index (χ3v) is 2.97. The lowest BCUT2D eigenvalue weighted by Crippen LogP contribution is -1.89. The Hall–Kier alpha value is -0.230. The normalized spacial score (nSPS) is 10.6. The molecule has 0 aliphatic rings. The van der Waals surface area contributed by atoms with Gasteiger partial charge in [0.1, 0.15) is 0 Å². The first-order chi connectivity index (χ1) is 6.29. The third-order valence-electron chi connectivity index (χ3n) is 1.69. The minimum Gasteiger partial charge on any atom is -0.253 e. The van der Waals surface area contributed by atoms with Gasteiger partial charge in [-0.15, -0.1) is 0 Å². The fourth-order valence-electron chi connectivity index (χ4n) is 1.09. The van der Waals surface area contributed by atoms with E-state index in [9.17, 15) is 0 Å². The van der Waals surface area contributed by atoms with Crippen LogP contribution in [-0.2, 0) is 4.43 Å². The number of hydrogen-bond acceptors (Lipinski definition) is 2. The molecule has 1 aromatic heterocycles. The van der Waals surface area contributed by atoms with E-state index in [4.69, 9.17) is 0 Å². The molecule has 0 spiro atoms. The molecule has 2 aromatic rings. The molecular formula is C9H6BrIN2. The van der Waals surface area contributed by atoms with Crippen molar-refractivity contribution < 1.29 is 0 Å². The molecule has 66 valence electrons. The number of halogens is 2. The second-order valence-electron chi connectivity index (χ2n) is 2.63. The van der Waals surface area contributed by atoms with Gasteiger partial charge in [0.2, 0.25) is 0 Å². The molecule has 13 heavy (non-hydrogen) atoms. The highest BCUT2D eigenvalue weighted by Gasteiger charge is 1.98. The van der Waals surface area contributed by atoms with E-state index < -0.39 is 0 Å². The summed E-state index contributed by atoms with van der Waals surface area (Å²) < 4.78 is 1.94. The van der Waals surface area contributed by atoms with E-state index in [2.05, 4.69) is 48.5 Å². The molecule has 2 rings (SSSR count). The first-order valence-corrected chi connectivity index (χ1v) is 6.08. The van der Waals surface area contributed by atoms with Crippen LogP contribution in [0.3, 0.4) is 0 Å². The molecule has 0 N–H and O–H groups in total. The Morgan fingerprint density at radius 1 is 1.31 bits per heavy atom. The van der Waals surface area contributed by atoms with Crippen molar-refractivity contribution in [2.45, 2.75) is 4.43 Å². The smallest absolute Gasteiger partial charge is 0.0901 e. The minimum atomic E-state index is 0.896. The molecule has 1 heterocycles. The lowest BCUT2D eigenvalue weighted by molar-refractivity contribution is 1.18. The first-order valence-electron chi connectivity index (χ1n) is 3.77. The van der Waals surface area contributed by atoms with Crippen LogP contribution in [0.2, 0.25) is 0 Å². The summed E-state index contributed by atoms with van der Waals surface area (Å²) >= 11 is 5.69. The molecule has 0 bridgehead atoms. The largest absolute Gasteiger partial charge is 0.253 e. The SMILES string of the molecule is Brc1ccc2ncc(CI)nc2c1. The summed E-state index contributed by atoms with van der Waals surface area (Å²) in [6.07, 6.45) is 1.82. The topological polar surface area (TPSA) is 25.8 Å². The lowest BCUT2D eigenvalue weighted by atomic mass is 10.3. The lowest BCUT2D eigenvalue weighted by Gasteiger charge is -1.99. The predicted molar refractivity (Wildman–Crippen MR) is 65.0 cm³/mol. The van der Waals surface area contributed by atoms with Crippen molar-refractivity contribution >= 4 is 49.6 Å². The van der Waals surface area contributed by atoms with Gasteiger partial charge < -0.3 is 0 Å². The van der Waals surface area contributed by atoms with Crippen LogP contribution in [0.25, 0.3) is 11.0 Å². The number of fused-ring (bicyclic) bond motifs is 1. The molecule has 0 saturated carbocycles. The molecule has 0 fully saturated rings. The molecule has 0 atom stereocenters. The first kappa shape index (κ1) is 9.33. The second-order valence-corrected chi connectivity index (χ2v) is 4.31. The van der Waals surface area contributed by atoms with E-state index >= 15 is 0 Å². The average Bonchev–Trinajstić information content (AvgIpc) is 2.16. The van der Waals surface area contributed by atoms with Gasteiger partial charge in [0.05, 0.1) is 16.7 Å². The molecule has 4 heteroatoms. The van der Waals surface area contributed by atoms with Crippen LogP contribution in [0.1, 0.15) is 5.69 Å². The average molecular weight is 349 g/mol. The summed E-state index contributed by atoms with van der Waals surface area (Å²) in [5, 5.41) is 0. The third kappa shape index (κ3) is 1.99. The highest BCUT2D eigenvalue weighted by molar-refractivity contribution is 14.1. The maximum Gasteiger partial charge on any atom is 0.0901 e. The van der Waals surface area contributed by atoms with Crippen molar-refractivity contribution in [2.24, 2.45) is 0 Å². The Morgan fingerprint density at radius 2 is 2.15 bits per heavy atom. The zero-order valence-corrected chi connectivity index (χ0v) is 10.4. The summed E-state index contributed by atoms with van der Waals surface area (Å²) in [5.74, 6) is 0. The number of rotatable bonds is 1. The Bertz CT molecular complexity index is 445. The van der Waals surface area contributed by atoms with E-state index in [0.29, 0.717) is 0 Å². The van der Waals surface area contributed by atoms with Crippen molar-refractivity contribution in [3.8, 4) is 0 Å². The van der Waals surface area contributed by atoms with Crippen LogP contribution >= 0.6 is 38.5 Å². The molecule has 0 unspecified atom stereocenters. The highest BCUT2D eigenvalue weighted by atomic mass is 127. The number of aromatic nitrogens is 2. The zero-order valence-electron chi connectivity index (χ0n) is 6.67. The van der Waals surface area contributed by atoms with E-state index in [1.807, 2.05) is 24.4 Å². The number of alkyl halides is 1. The maximum atomic E-state index is 4.45. The molecule has 1 aromatic carbocycles. The van der Waals surface area contributed by atoms with Gasteiger partial charge in [-0.05, 0) is 18.2 Å². The molecule has 2 nitrogen and oxygen atoms in total. The van der Waals surface area contributed by atoms with Gasteiger partial charge in [-0.1, -0.05) is 38.5 Å². The van der Waals surface area contributed by atoms with Crippen LogP contribution in [0.5, 0.6) is 0 Å². The number of hydrogen-bond donors (Lipinski definition) is 0. The predicted octanol–water partition coefficient (Wildman–Crippen LogP) is 3.33. The van der Waals surface area contributed by atoms with E-state index in [1.165, 1.54) is 0 Å². The fourth-order valence-corrected chi connectivity index (χ4v) is 1.80. The zero-order chi connectivity index (χ0) is 9.26. The van der Waals surface area contributed by atoms with Crippen molar-refractivity contribution in [3.63, 3.8) is 0 Å². The Labute approximate surface area is 98.0 Å². The van der Waals surface area contributed by atoms with E-state index in [1.54, 1.807) is 0 Å². The molecule has 0 aliphatic heterocycles. The van der Waals surface area contributed by atoms with E-state index in [-0.39, 0.29) is 0 Å². The fraction of sp³-hybridized carbons (Fsp3) is 0.111. The second kappa shape index (κ2) is 3.88. The van der Waals surface area contributed by atoms with Crippen LogP contribution in [0, 0.1) is 0 Å². The van der Waals surface area contributed by atoms with Gasteiger partial charge in [0.15, 0.2) is 0 Å². The summed E-state index contributed by atoms with van der Waals surface area (Å²) in [4.78, 5) is 8.76. The quantitative estimate of drug-likeness (QED) is 0.583. The van der Waals surface area contributed by atoms with Crippen LogP contribution in [0.15, 0.2) is 28.9 Å². The Morgan fingerprint density at radius 3 is 2.92 bits per heavy atom. The van der Waals surface area contributed by atoms with Gasteiger partial charge in [0.25, 0.3) is 0 Å². The van der Waals surface area contributed by atoms with Crippen molar-refractivity contribution in [1.29, 1.82) is 0 Å². The van der Waals surface area contributed by atoms with Gasteiger partial charge in [0, 0.05) is 15.1 Å². The van der Waals surface area contributed by atoms with Crippen LogP contribution in [-0.4, -0.2) is 9.97 Å².